The molecule has 17 heavy (non-hydrogen) atoms. The van der Waals surface area contributed by atoms with Crippen molar-refractivity contribution in [3.8, 4) is 6.07 Å². The van der Waals surface area contributed by atoms with Gasteiger partial charge in [-0.2, -0.15) is 10.4 Å². The molecule has 0 saturated carbocycles. The Kier molecular flexibility index (Phi) is 3.48. The molecule has 86 valence electrons. The summed E-state index contributed by atoms with van der Waals surface area (Å²) in [6.07, 6.45) is 3.39. The Balaban J connectivity index is 1.95. The Bertz CT molecular complexity index is 538. The molecular formula is C12H13N5. The van der Waals surface area contributed by atoms with Crippen LogP contribution in [0.25, 0.3) is 0 Å². The number of hydrogen-bond donors (Lipinski definition) is 1. The van der Waals surface area contributed by atoms with Gasteiger partial charge >= 0.3 is 0 Å². The van der Waals surface area contributed by atoms with Gasteiger partial charge in [0, 0.05) is 38.1 Å². The van der Waals surface area contributed by atoms with Gasteiger partial charge in [-0.25, -0.2) is 4.98 Å². The van der Waals surface area contributed by atoms with Gasteiger partial charge in [0.15, 0.2) is 0 Å². The summed E-state index contributed by atoms with van der Waals surface area (Å²) in [5, 5.41) is 16.2. The number of pyridine rings is 1. The molecule has 0 spiro atoms. The van der Waals surface area contributed by atoms with Gasteiger partial charge in [0.05, 0.1) is 5.69 Å². The Labute approximate surface area is 99.7 Å². The van der Waals surface area contributed by atoms with E-state index in [0.29, 0.717) is 12.2 Å². The maximum atomic E-state index is 8.89. The molecule has 0 unspecified atom stereocenters. The highest BCUT2D eigenvalue weighted by Gasteiger charge is 2.02. The second kappa shape index (κ2) is 5.23. The number of hydrogen-bond acceptors (Lipinski definition) is 4. The number of rotatable bonds is 4. The predicted octanol–water partition coefficient (Wildman–Crippen LogP) is 0.977. The zero-order chi connectivity index (χ0) is 12.1. The minimum absolute atomic E-state index is 0.477. The fraction of sp³-hybridized carbons (Fsp3) is 0.250. The quantitative estimate of drug-likeness (QED) is 0.845. The van der Waals surface area contributed by atoms with Crippen LogP contribution in [0.2, 0.25) is 0 Å². The van der Waals surface area contributed by atoms with E-state index in [-0.39, 0.29) is 0 Å². The molecule has 0 aliphatic carbocycles. The summed E-state index contributed by atoms with van der Waals surface area (Å²) in [5.41, 5.74) is 2.49. The first-order valence-corrected chi connectivity index (χ1v) is 5.33. The zero-order valence-corrected chi connectivity index (χ0v) is 9.59. The van der Waals surface area contributed by atoms with Crippen LogP contribution in [0, 0.1) is 11.3 Å². The van der Waals surface area contributed by atoms with Gasteiger partial charge in [-0.3, -0.25) is 4.68 Å². The van der Waals surface area contributed by atoms with Crippen molar-refractivity contribution in [3.63, 3.8) is 0 Å². The van der Waals surface area contributed by atoms with Gasteiger partial charge in [-0.15, -0.1) is 0 Å². The summed E-state index contributed by atoms with van der Waals surface area (Å²) in [4.78, 5) is 4.01. The average molecular weight is 227 g/mol. The Morgan fingerprint density at radius 1 is 1.35 bits per heavy atom. The van der Waals surface area contributed by atoms with Crippen molar-refractivity contribution < 1.29 is 0 Å². The van der Waals surface area contributed by atoms with E-state index in [2.05, 4.69) is 21.5 Å². The lowest BCUT2D eigenvalue weighted by Crippen LogP contribution is -2.16. The maximum absolute atomic E-state index is 8.89. The molecule has 1 N–H and O–H groups in total. The number of nitriles is 1. The van der Waals surface area contributed by atoms with Crippen molar-refractivity contribution >= 4 is 0 Å². The van der Waals surface area contributed by atoms with Gasteiger partial charge in [0.25, 0.3) is 0 Å². The molecule has 0 aliphatic heterocycles. The summed E-state index contributed by atoms with van der Waals surface area (Å²) in [5.74, 6) is 0. The summed E-state index contributed by atoms with van der Waals surface area (Å²) in [6.45, 7) is 1.35. The van der Waals surface area contributed by atoms with E-state index in [1.54, 1.807) is 12.4 Å². The van der Waals surface area contributed by atoms with Crippen molar-refractivity contribution in [2.24, 2.45) is 7.05 Å². The van der Waals surface area contributed by atoms with Crippen LogP contribution in [0.1, 0.15) is 17.0 Å². The second-order valence-corrected chi connectivity index (χ2v) is 3.67. The molecule has 0 saturated heterocycles. The molecule has 2 aromatic heterocycles. The molecule has 0 amide bonds. The third kappa shape index (κ3) is 2.68. The maximum Gasteiger partial charge on any atom is 0.144 e. The van der Waals surface area contributed by atoms with E-state index >= 15 is 0 Å². The predicted molar refractivity (Wildman–Crippen MR) is 62.7 cm³/mol. The fourth-order valence-corrected chi connectivity index (χ4v) is 1.58. The molecule has 0 radical (unpaired) electrons. The number of aryl methyl sites for hydroxylation is 1. The molecule has 5 heteroatoms. The SMILES string of the molecule is Cn1nccc1CNCc1cccnc1C#N. The van der Waals surface area contributed by atoms with Gasteiger partial charge in [-0.05, 0) is 12.1 Å². The van der Waals surface area contributed by atoms with Gasteiger partial charge in [0.2, 0.25) is 0 Å². The van der Waals surface area contributed by atoms with Crippen LogP contribution in [0.3, 0.4) is 0 Å². The lowest BCUT2D eigenvalue weighted by molar-refractivity contribution is 0.624. The number of nitrogens with zero attached hydrogens (tertiary/aromatic N) is 4. The summed E-state index contributed by atoms with van der Waals surface area (Å²) in [6, 6.07) is 7.78. The van der Waals surface area contributed by atoms with E-state index in [9.17, 15) is 0 Å². The normalized spacial score (nSPS) is 10.1. The van der Waals surface area contributed by atoms with E-state index in [4.69, 9.17) is 5.26 Å². The van der Waals surface area contributed by atoms with E-state index in [1.165, 1.54) is 0 Å². The Hall–Kier alpha value is -2.19. The standard InChI is InChI=1S/C12H13N5/c1-17-11(4-6-16-17)9-14-8-10-3-2-5-15-12(10)7-13/h2-6,14H,8-9H2,1H3. The zero-order valence-electron chi connectivity index (χ0n) is 9.59. The van der Waals surface area contributed by atoms with Crippen LogP contribution in [0.15, 0.2) is 30.6 Å². The minimum atomic E-state index is 0.477. The lowest BCUT2D eigenvalue weighted by Gasteiger charge is -2.06. The van der Waals surface area contributed by atoms with Gasteiger partial charge < -0.3 is 5.32 Å². The molecule has 0 atom stereocenters. The fourth-order valence-electron chi connectivity index (χ4n) is 1.58. The first-order chi connectivity index (χ1) is 8.31. The molecule has 5 nitrogen and oxygen atoms in total. The first-order valence-electron chi connectivity index (χ1n) is 5.33. The Morgan fingerprint density at radius 3 is 2.94 bits per heavy atom. The highest BCUT2D eigenvalue weighted by Crippen LogP contribution is 2.04. The first kappa shape index (κ1) is 11.3. The van der Waals surface area contributed by atoms with Crippen molar-refractivity contribution in [2.45, 2.75) is 13.1 Å². The summed E-state index contributed by atoms with van der Waals surface area (Å²) < 4.78 is 1.82. The summed E-state index contributed by atoms with van der Waals surface area (Å²) in [7, 11) is 1.90. The van der Waals surface area contributed by atoms with Crippen LogP contribution >= 0.6 is 0 Å². The van der Waals surface area contributed by atoms with E-state index < -0.39 is 0 Å². The van der Waals surface area contributed by atoms with Crippen LogP contribution in [0.5, 0.6) is 0 Å². The number of nitrogens with one attached hydrogen (secondary N) is 1. The topological polar surface area (TPSA) is 66.5 Å². The van der Waals surface area contributed by atoms with Crippen LogP contribution in [-0.2, 0) is 20.1 Å². The van der Waals surface area contributed by atoms with Crippen molar-refractivity contribution in [2.75, 3.05) is 0 Å². The minimum Gasteiger partial charge on any atom is -0.307 e. The molecule has 2 rings (SSSR count). The molecule has 2 aromatic rings. The third-order valence-corrected chi connectivity index (χ3v) is 2.54. The second-order valence-electron chi connectivity index (χ2n) is 3.67. The average Bonchev–Trinajstić information content (AvgIpc) is 2.76. The van der Waals surface area contributed by atoms with Crippen molar-refractivity contribution in [1.29, 1.82) is 5.26 Å². The molecule has 0 aromatic carbocycles. The third-order valence-electron chi connectivity index (χ3n) is 2.54. The van der Waals surface area contributed by atoms with E-state index in [1.807, 2.05) is 29.9 Å². The molecule has 0 aliphatic rings. The van der Waals surface area contributed by atoms with Gasteiger partial charge in [0.1, 0.15) is 11.8 Å². The molecule has 0 bridgehead atoms. The molecule has 2 heterocycles. The largest absolute Gasteiger partial charge is 0.307 e. The van der Waals surface area contributed by atoms with Crippen LogP contribution in [-0.4, -0.2) is 14.8 Å². The van der Waals surface area contributed by atoms with E-state index in [0.717, 1.165) is 17.8 Å². The molecular weight excluding hydrogens is 214 g/mol. The smallest absolute Gasteiger partial charge is 0.144 e. The monoisotopic (exact) mass is 227 g/mol. The van der Waals surface area contributed by atoms with Crippen LogP contribution < -0.4 is 5.32 Å². The van der Waals surface area contributed by atoms with Crippen molar-refractivity contribution in [3.05, 3.63) is 47.5 Å². The highest BCUT2D eigenvalue weighted by atomic mass is 15.3. The summed E-state index contributed by atoms with van der Waals surface area (Å²) >= 11 is 0. The van der Waals surface area contributed by atoms with Crippen LogP contribution in [0.4, 0.5) is 0 Å². The van der Waals surface area contributed by atoms with Crippen molar-refractivity contribution in [1.82, 2.24) is 20.1 Å². The van der Waals surface area contributed by atoms with Gasteiger partial charge in [-0.1, -0.05) is 6.07 Å². The number of aromatic nitrogens is 3. The molecule has 0 fully saturated rings. The lowest BCUT2D eigenvalue weighted by atomic mass is 10.2. The highest BCUT2D eigenvalue weighted by molar-refractivity contribution is 5.30. The Morgan fingerprint density at radius 2 is 2.24 bits per heavy atom.